The smallest absolute Gasteiger partial charge is 0.258 e. The van der Waals surface area contributed by atoms with Crippen LogP contribution in [0.3, 0.4) is 0 Å². The van der Waals surface area contributed by atoms with Crippen molar-refractivity contribution in [3.05, 3.63) is 28.2 Å². The largest absolute Gasteiger partial charge is 0.482 e. The van der Waals surface area contributed by atoms with Crippen LogP contribution in [0.25, 0.3) is 0 Å². The van der Waals surface area contributed by atoms with Crippen molar-refractivity contribution in [3.63, 3.8) is 0 Å². The molecule has 0 aliphatic rings. The van der Waals surface area contributed by atoms with Crippen LogP contribution in [0.5, 0.6) is 5.75 Å². The number of nitrogens with one attached hydrogen (secondary N) is 1. The molecule has 106 valence electrons. The molecule has 0 aliphatic heterocycles. The van der Waals surface area contributed by atoms with Crippen LogP contribution in [-0.2, 0) is 4.79 Å². The van der Waals surface area contributed by atoms with Crippen LogP contribution in [0.15, 0.2) is 18.2 Å². The molecule has 1 aromatic carbocycles. The second-order valence-electron chi connectivity index (χ2n) is 4.29. The molecular formula is C12H15Cl2NO4. The number of halogens is 2. The van der Waals surface area contributed by atoms with E-state index in [2.05, 4.69) is 5.32 Å². The third-order valence-electron chi connectivity index (χ3n) is 2.39. The Bertz CT molecular complexity index is 449. The van der Waals surface area contributed by atoms with Crippen molar-refractivity contribution in [1.82, 2.24) is 5.32 Å². The van der Waals surface area contributed by atoms with Gasteiger partial charge in [0.25, 0.3) is 5.91 Å². The first-order chi connectivity index (χ1) is 8.90. The summed E-state index contributed by atoms with van der Waals surface area (Å²) in [7, 11) is 0. The van der Waals surface area contributed by atoms with Crippen LogP contribution in [0.1, 0.15) is 6.92 Å². The predicted molar refractivity (Wildman–Crippen MR) is 72.7 cm³/mol. The van der Waals surface area contributed by atoms with E-state index < -0.39 is 11.4 Å². The van der Waals surface area contributed by atoms with Crippen molar-refractivity contribution in [2.24, 2.45) is 0 Å². The number of ether oxygens (including phenoxy) is 1. The highest BCUT2D eigenvalue weighted by molar-refractivity contribution is 6.34. The summed E-state index contributed by atoms with van der Waals surface area (Å²) in [5, 5.41) is 21.3. The minimum atomic E-state index is -1.08. The summed E-state index contributed by atoms with van der Waals surface area (Å²) in [6.45, 7) is 0.452. The number of carbonyl (C=O) groups is 1. The number of amides is 1. The molecule has 0 fully saturated rings. The molecule has 0 bridgehead atoms. The normalized spacial score (nSPS) is 11.2. The van der Waals surface area contributed by atoms with Crippen LogP contribution >= 0.6 is 23.2 Å². The van der Waals surface area contributed by atoms with Crippen molar-refractivity contribution in [3.8, 4) is 5.75 Å². The van der Waals surface area contributed by atoms with Crippen LogP contribution in [-0.4, -0.2) is 41.5 Å². The molecule has 0 aliphatic carbocycles. The third kappa shape index (κ3) is 4.87. The van der Waals surface area contributed by atoms with E-state index in [0.717, 1.165) is 0 Å². The molecule has 1 aromatic rings. The number of hydrogen-bond donors (Lipinski definition) is 3. The number of carbonyl (C=O) groups excluding carboxylic acids is 1. The standard InChI is InChI=1S/C12H15Cl2NO4/c1-12(6-16,7-17)15-11(18)5-19-10-4-8(13)2-3-9(10)14/h2-4,16-17H,5-7H2,1H3,(H,15,18). The fourth-order valence-electron chi connectivity index (χ4n) is 1.23. The van der Waals surface area contributed by atoms with E-state index in [-0.39, 0.29) is 19.8 Å². The summed E-state index contributed by atoms with van der Waals surface area (Å²) < 4.78 is 5.22. The second kappa shape index (κ2) is 6.96. The van der Waals surface area contributed by atoms with Gasteiger partial charge in [-0.15, -0.1) is 0 Å². The van der Waals surface area contributed by atoms with Crippen molar-refractivity contribution >= 4 is 29.1 Å². The summed E-state index contributed by atoms with van der Waals surface area (Å²) in [6.07, 6.45) is 0. The first-order valence-corrected chi connectivity index (χ1v) is 6.26. The highest BCUT2D eigenvalue weighted by Crippen LogP contribution is 2.27. The van der Waals surface area contributed by atoms with Crippen molar-refractivity contribution in [2.45, 2.75) is 12.5 Å². The molecule has 5 nitrogen and oxygen atoms in total. The molecule has 0 unspecified atom stereocenters. The SMILES string of the molecule is CC(CO)(CO)NC(=O)COc1cc(Cl)ccc1Cl. The Hall–Kier alpha value is -1.01. The lowest BCUT2D eigenvalue weighted by molar-refractivity contribution is -0.126. The molecule has 0 aromatic heterocycles. The third-order valence-corrected chi connectivity index (χ3v) is 2.94. The zero-order valence-corrected chi connectivity index (χ0v) is 11.8. The van der Waals surface area contributed by atoms with Gasteiger partial charge < -0.3 is 20.3 Å². The van der Waals surface area contributed by atoms with Gasteiger partial charge in [0, 0.05) is 11.1 Å². The average molecular weight is 308 g/mol. The van der Waals surface area contributed by atoms with Crippen LogP contribution < -0.4 is 10.1 Å². The van der Waals surface area contributed by atoms with Crippen molar-refractivity contribution < 1.29 is 19.7 Å². The first kappa shape index (κ1) is 16.0. The van der Waals surface area contributed by atoms with Gasteiger partial charge in [0.1, 0.15) is 5.75 Å². The van der Waals surface area contributed by atoms with Gasteiger partial charge in [0.05, 0.1) is 23.8 Å². The molecule has 0 radical (unpaired) electrons. The summed E-state index contributed by atoms with van der Waals surface area (Å²) in [5.41, 5.74) is -1.08. The molecule has 1 rings (SSSR count). The topological polar surface area (TPSA) is 78.8 Å². The molecular weight excluding hydrogens is 293 g/mol. The van der Waals surface area contributed by atoms with Crippen molar-refractivity contribution in [2.75, 3.05) is 19.8 Å². The fraction of sp³-hybridized carbons (Fsp3) is 0.417. The van der Waals surface area contributed by atoms with E-state index in [0.29, 0.717) is 15.8 Å². The van der Waals surface area contributed by atoms with E-state index in [1.54, 1.807) is 12.1 Å². The molecule has 19 heavy (non-hydrogen) atoms. The van der Waals surface area contributed by atoms with Gasteiger partial charge in [-0.2, -0.15) is 0 Å². The van der Waals surface area contributed by atoms with E-state index in [1.165, 1.54) is 13.0 Å². The Balaban J connectivity index is 2.57. The Morgan fingerprint density at radius 1 is 1.37 bits per heavy atom. The maximum atomic E-state index is 11.6. The molecule has 0 atom stereocenters. The van der Waals surface area contributed by atoms with E-state index in [4.69, 9.17) is 38.2 Å². The maximum Gasteiger partial charge on any atom is 0.258 e. The Labute approximate surface area is 121 Å². The number of aliphatic hydroxyl groups is 2. The quantitative estimate of drug-likeness (QED) is 0.738. The van der Waals surface area contributed by atoms with Gasteiger partial charge in [-0.1, -0.05) is 23.2 Å². The second-order valence-corrected chi connectivity index (χ2v) is 5.13. The van der Waals surface area contributed by atoms with E-state index >= 15 is 0 Å². The Morgan fingerprint density at radius 3 is 2.58 bits per heavy atom. The molecule has 0 spiro atoms. The van der Waals surface area contributed by atoms with Crippen molar-refractivity contribution in [1.29, 1.82) is 0 Å². The Morgan fingerprint density at radius 2 is 2.00 bits per heavy atom. The highest BCUT2D eigenvalue weighted by Gasteiger charge is 2.24. The van der Waals surface area contributed by atoms with Gasteiger partial charge in [-0.25, -0.2) is 0 Å². The first-order valence-electron chi connectivity index (χ1n) is 5.51. The van der Waals surface area contributed by atoms with Gasteiger partial charge >= 0.3 is 0 Å². The number of aliphatic hydroxyl groups excluding tert-OH is 2. The highest BCUT2D eigenvalue weighted by atomic mass is 35.5. The number of benzene rings is 1. The Kier molecular flexibility index (Phi) is 5.87. The van der Waals surface area contributed by atoms with Gasteiger partial charge in [0.15, 0.2) is 6.61 Å². The molecule has 0 saturated carbocycles. The monoisotopic (exact) mass is 307 g/mol. The fourth-order valence-corrected chi connectivity index (χ4v) is 1.57. The lowest BCUT2D eigenvalue weighted by atomic mass is 10.1. The minimum Gasteiger partial charge on any atom is -0.482 e. The molecule has 0 saturated heterocycles. The van der Waals surface area contributed by atoms with E-state index in [1.807, 2.05) is 0 Å². The van der Waals surface area contributed by atoms with Crippen LogP contribution in [0.4, 0.5) is 0 Å². The number of rotatable bonds is 6. The molecule has 7 heteroatoms. The maximum absolute atomic E-state index is 11.6. The average Bonchev–Trinajstić information content (AvgIpc) is 2.39. The summed E-state index contributed by atoms with van der Waals surface area (Å²) in [6, 6.07) is 4.66. The molecule has 3 N–H and O–H groups in total. The lowest BCUT2D eigenvalue weighted by Gasteiger charge is -2.26. The predicted octanol–water partition coefficient (Wildman–Crippen LogP) is 1.23. The zero-order chi connectivity index (χ0) is 14.5. The van der Waals surface area contributed by atoms with Crippen LogP contribution in [0, 0.1) is 0 Å². The minimum absolute atomic E-state index is 0.291. The molecule has 0 heterocycles. The van der Waals surface area contributed by atoms with Gasteiger partial charge in [0.2, 0.25) is 0 Å². The summed E-state index contributed by atoms with van der Waals surface area (Å²) >= 11 is 11.7. The summed E-state index contributed by atoms with van der Waals surface area (Å²) in [4.78, 5) is 11.6. The molecule has 1 amide bonds. The lowest BCUT2D eigenvalue weighted by Crippen LogP contribution is -2.53. The van der Waals surface area contributed by atoms with Crippen LogP contribution in [0.2, 0.25) is 10.0 Å². The zero-order valence-electron chi connectivity index (χ0n) is 10.3. The van der Waals surface area contributed by atoms with E-state index in [9.17, 15) is 4.79 Å². The van der Waals surface area contributed by atoms with Gasteiger partial charge in [-0.05, 0) is 19.1 Å². The summed E-state index contributed by atoms with van der Waals surface area (Å²) in [5.74, 6) is -0.194. The number of hydrogen-bond acceptors (Lipinski definition) is 4. The van der Waals surface area contributed by atoms with Gasteiger partial charge in [-0.3, -0.25) is 4.79 Å².